The number of nitrogens with one attached hydrogen (secondary N) is 2. The number of aromatic nitrogens is 6. The van der Waals surface area contributed by atoms with E-state index in [0.717, 1.165) is 42.3 Å². The lowest BCUT2D eigenvalue weighted by atomic mass is 10.1. The van der Waals surface area contributed by atoms with Gasteiger partial charge >= 0.3 is 0 Å². The van der Waals surface area contributed by atoms with Gasteiger partial charge in [0, 0.05) is 18.0 Å². The largest absolute Gasteiger partial charge is 0.342 e. The number of hydrogen-bond donors (Lipinski definition) is 2. The molecule has 0 saturated carbocycles. The molecule has 1 atom stereocenters. The Labute approximate surface area is 121 Å². The fourth-order valence-electron chi connectivity index (χ4n) is 2.67. The van der Waals surface area contributed by atoms with Gasteiger partial charge in [0.2, 0.25) is 0 Å². The number of H-pyrrole nitrogens is 1. The van der Waals surface area contributed by atoms with E-state index in [-0.39, 0.29) is 0 Å². The van der Waals surface area contributed by atoms with Gasteiger partial charge in [-0.3, -0.25) is 0 Å². The van der Waals surface area contributed by atoms with Gasteiger partial charge in [-0.2, -0.15) is 0 Å². The molecule has 1 saturated heterocycles. The van der Waals surface area contributed by atoms with Gasteiger partial charge in [0.1, 0.15) is 12.2 Å². The molecule has 0 amide bonds. The maximum Gasteiger partial charge on any atom is 0.143 e. The van der Waals surface area contributed by atoms with Crippen molar-refractivity contribution in [3.05, 3.63) is 42.6 Å². The van der Waals surface area contributed by atoms with Gasteiger partial charge < -0.3 is 10.3 Å². The number of imidazole rings is 1. The zero-order valence-corrected chi connectivity index (χ0v) is 11.4. The third kappa shape index (κ3) is 2.31. The Morgan fingerprint density at radius 1 is 1.29 bits per heavy atom. The van der Waals surface area contributed by atoms with Crippen molar-refractivity contribution in [2.24, 2.45) is 0 Å². The third-order valence-electron chi connectivity index (χ3n) is 3.81. The number of benzene rings is 1. The Hall–Kier alpha value is -2.54. The number of nitrogens with zero attached hydrogens (tertiary/aromatic N) is 5. The van der Waals surface area contributed by atoms with Crippen LogP contribution in [0.3, 0.4) is 0 Å². The van der Waals surface area contributed by atoms with Crippen LogP contribution in [0.4, 0.5) is 0 Å². The molecule has 3 heterocycles. The zero-order chi connectivity index (χ0) is 14.1. The van der Waals surface area contributed by atoms with E-state index in [1.165, 1.54) is 0 Å². The van der Waals surface area contributed by atoms with Crippen LogP contribution in [0, 0.1) is 0 Å². The van der Waals surface area contributed by atoms with E-state index in [2.05, 4.69) is 36.9 Å². The molecule has 1 aromatic carbocycles. The average molecular weight is 281 g/mol. The number of aromatic amines is 1. The smallest absolute Gasteiger partial charge is 0.143 e. The lowest BCUT2D eigenvalue weighted by Crippen LogP contribution is -2.08. The third-order valence-corrected chi connectivity index (χ3v) is 3.81. The summed E-state index contributed by atoms with van der Waals surface area (Å²) < 4.78 is 1.64. The van der Waals surface area contributed by atoms with Crippen LogP contribution in [-0.4, -0.2) is 43.3 Å². The van der Waals surface area contributed by atoms with Crippen molar-refractivity contribution in [2.45, 2.75) is 12.3 Å². The Bertz CT molecular complexity index is 725. The molecule has 1 aliphatic heterocycles. The fourth-order valence-corrected chi connectivity index (χ4v) is 2.67. The minimum absolute atomic E-state index is 0.487. The van der Waals surface area contributed by atoms with Crippen molar-refractivity contribution in [2.75, 3.05) is 13.1 Å². The summed E-state index contributed by atoms with van der Waals surface area (Å²) in [6, 6.07) is 8.06. The van der Waals surface area contributed by atoms with Gasteiger partial charge in [-0.15, -0.1) is 5.10 Å². The lowest BCUT2D eigenvalue weighted by molar-refractivity contribution is 0.715. The van der Waals surface area contributed by atoms with E-state index in [1.807, 2.05) is 24.4 Å². The van der Waals surface area contributed by atoms with Gasteiger partial charge in [0.25, 0.3) is 0 Å². The van der Waals surface area contributed by atoms with E-state index in [4.69, 9.17) is 0 Å². The highest BCUT2D eigenvalue weighted by atomic mass is 15.5. The standard InChI is InChI=1S/C14H15N7/c1-2-10(6-12(3-1)21-9-17-19-20-21)13-8-16-14(18-13)11-4-5-15-7-11/h1-3,6,8-9,11,15H,4-5,7H2,(H,16,18). The SMILES string of the molecule is c1cc(-c2cnc(C3CCNC3)[nH]2)cc(-n2cnnn2)c1. The predicted octanol–water partition coefficient (Wildman–Crippen LogP) is 1.13. The monoisotopic (exact) mass is 281 g/mol. The van der Waals surface area contributed by atoms with Gasteiger partial charge in [0.05, 0.1) is 17.6 Å². The van der Waals surface area contributed by atoms with Crippen molar-refractivity contribution in [3.8, 4) is 16.9 Å². The van der Waals surface area contributed by atoms with E-state index in [9.17, 15) is 0 Å². The number of hydrogen-bond acceptors (Lipinski definition) is 5. The van der Waals surface area contributed by atoms with E-state index in [1.54, 1.807) is 11.0 Å². The van der Waals surface area contributed by atoms with Crippen LogP contribution in [0.5, 0.6) is 0 Å². The molecule has 0 aliphatic carbocycles. The molecule has 2 N–H and O–H groups in total. The second-order valence-electron chi connectivity index (χ2n) is 5.18. The maximum atomic E-state index is 4.52. The molecule has 1 aliphatic rings. The molecule has 3 aromatic rings. The van der Waals surface area contributed by atoms with Crippen molar-refractivity contribution >= 4 is 0 Å². The Morgan fingerprint density at radius 3 is 3.10 bits per heavy atom. The first-order valence-electron chi connectivity index (χ1n) is 6.99. The molecule has 21 heavy (non-hydrogen) atoms. The van der Waals surface area contributed by atoms with Gasteiger partial charge in [-0.25, -0.2) is 9.67 Å². The summed E-state index contributed by atoms with van der Waals surface area (Å²) in [6.07, 6.45) is 4.62. The van der Waals surface area contributed by atoms with Crippen LogP contribution in [-0.2, 0) is 0 Å². The molecule has 7 nitrogen and oxygen atoms in total. The molecule has 0 spiro atoms. The van der Waals surface area contributed by atoms with Crippen molar-refractivity contribution in [3.63, 3.8) is 0 Å². The summed E-state index contributed by atoms with van der Waals surface area (Å²) in [5, 5.41) is 14.6. The second kappa shape index (κ2) is 5.10. The summed E-state index contributed by atoms with van der Waals surface area (Å²) in [5.41, 5.74) is 3.02. The zero-order valence-electron chi connectivity index (χ0n) is 11.4. The highest BCUT2D eigenvalue weighted by Gasteiger charge is 2.19. The minimum atomic E-state index is 0.487. The van der Waals surface area contributed by atoms with E-state index >= 15 is 0 Å². The number of rotatable bonds is 3. The molecule has 1 unspecified atom stereocenters. The van der Waals surface area contributed by atoms with Crippen LogP contribution < -0.4 is 5.32 Å². The van der Waals surface area contributed by atoms with Crippen LogP contribution >= 0.6 is 0 Å². The predicted molar refractivity (Wildman–Crippen MR) is 77.0 cm³/mol. The fraction of sp³-hybridized carbons (Fsp3) is 0.286. The van der Waals surface area contributed by atoms with E-state index in [0.29, 0.717) is 5.92 Å². The normalized spacial score (nSPS) is 18.2. The Balaban J connectivity index is 1.65. The molecule has 106 valence electrons. The van der Waals surface area contributed by atoms with Crippen LogP contribution in [0.25, 0.3) is 16.9 Å². The molecular formula is C14H15N7. The van der Waals surface area contributed by atoms with Gasteiger partial charge in [0.15, 0.2) is 0 Å². The first-order chi connectivity index (χ1) is 10.4. The summed E-state index contributed by atoms with van der Waals surface area (Å²) in [5.74, 6) is 1.55. The highest BCUT2D eigenvalue weighted by molar-refractivity contribution is 5.61. The molecule has 1 fully saturated rings. The van der Waals surface area contributed by atoms with E-state index < -0.39 is 0 Å². The first kappa shape index (κ1) is 12.2. The molecule has 2 aromatic heterocycles. The van der Waals surface area contributed by atoms with Crippen molar-refractivity contribution < 1.29 is 0 Å². The highest BCUT2D eigenvalue weighted by Crippen LogP contribution is 2.24. The minimum Gasteiger partial charge on any atom is -0.342 e. The summed E-state index contributed by atoms with van der Waals surface area (Å²) in [6.45, 7) is 2.06. The van der Waals surface area contributed by atoms with Crippen LogP contribution in [0.1, 0.15) is 18.2 Å². The summed E-state index contributed by atoms with van der Waals surface area (Å²) in [7, 11) is 0. The Morgan fingerprint density at radius 2 is 2.29 bits per heavy atom. The molecule has 0 bridgehead atoms. The topological polar surface area (TPSA) is 84.3 Å². The molecule has 4 rings (SSSR count). The van der Waals surface area contributed by atoms with Crippen LogP contribution in [0.15, 0.2) is 36.8 Å². The van der Waals surface area contributed by atoms with Crippen molar-refractivity contribution in [1.82, 2.24) is 35.5 Å². The molecule has 7 heteroatoms. The van der Waals surface area contributed by atoms with Crippen molar-refractivity contribution in [1.29, 1.82) is 0 Å². The molecular weight excluding hydrogens is 266 g/mol. The first-order valence-corrected chi connectivity index (χ1v) is 6.99. The van der Waals surface area contributed by atoms with Crippen LogP contribution in [0.2, 0.25) is 0 Å². The maximum absolute atomic E-state index is 4.52. The molecule has 0 radical (unpaired) electrons. The summed E-state index contributed by atoms with van der Waals surface area (Å²) in [4.78, 5) is 7.96. The average Bonchev–Trinajstić information content (AvgIpc) is 3.26. The quantitative estimate of drug-likeness (QED) is 0.752. The van der Waals surface area contributed by atoms with Gasteiger partial charge in [-0.05, 0) is 35.5 Å². The second-order valence-corrected chi connectivity index (χ2v) is 5.18. The number of tetrazole rings is 1. The lowest BCUT2D eigenvalue weighted by Gasteiger charge is -2.04. The Kier molecular flexibility index (Phi) is 2.97. The summed E-state index contributed by atoms with van der Waals surface area (Å²) >= 11 is 0. The van der Waals surface area contributed by atoms with Gasteiger partial charge in [-0.1, -0.05) is 12.1 Å².